The van der Waals surface area contributed by atoms with Crippen LogP contribution in [0, 0.1) is 40.9 Å². The summed E-state index contributed by atoms with van der Waals surface area (Å²) >= 11 is 0. The van der Waals surface area contributed by atoms with Crippen molar-refractivity contribution in [2.75, 3.05) is 6.61 Å². The van der Waals surface area contributed by atoms with Crippen molar-refractivity contribution in [2.24, 2.45) is 34.0 Å². The number of rotatable bonds is 6. The molecule has 1 aromatic carbocycles. The summed E-state index contributed by atoms with van der Waals surface area (Å²) in [7, 11) is -4.15. The summed E-state index contributed by atoms with van der Waals surface area (Å²) in [4.78, 5) is 26.5. The third-order valence-corrected chi connectivity index (χ3v) is 11.5. The van der Waals surface area contributed by atoms with Crippen LogP contribution in [0.4, 0.5) is 0 Å². The predicted molar refractivity (Wildman–Crippen MR) is 139 cm³/mol. The minimum Gasteiger partial charge on any atom is -0.460 e. The Kier molecular flexibility index (Phi) is 7.27. The van der Waals surface area contributed by atoms with Crippen LogP contribution in [0.15, 0.2) is 41.8 Å². The van der Waals surface area contributed by atoms with E-state index in [0.29, 0.717) is 12.8 Å². The Hall–Kier alpha value is -2.03. The quantitative estimate of drug-likeness (QED) is 0.324. The highest BCUT2D eigenvalue weighted by Gasteiger charge is 2.68. The predicted octanol–water partition coefficient (Wildman–Crippen LogP) is 4.61. The first-order valence-corrected chi connectivity index (χ1v) is 14.6. The molecule has 2 bridgehead atoms. The van der Waals surface area contributed by atoms with Crippen molar-refractivity contribution >= 4 is 21.9 Å². The fourth-order valence-corrected chi connectivity index (χ4v) is 8.45. The molecule has 0 aromatic heterocycles. The summed E-state index contributed by atoms with van der Waals surface area (Å²) < 4.78 is 36.3. The number of hydrogen-bond donors (Lipinski definition) is 1. The zero-order valence-corrected chi connectivity index (χ0v) is 23.3. The highest BCUT2D eigenvalue weighted by Crippen LogP contribution is 2.68. The number of aryl methyl sites for hydroxylation is 1. The third-order valence-electron chi connectivity index (χ3n) is 10.2. The average molecular weight is 533 g/mol. The van der Waals surface area contributed by atoms with Gasteiger partial charge in [0.1, 0.15) is 11.9 Å². The van der Waals surface area contributed by atoms with Crippen LogP contribution in [0.3, 0.4) is 0 Å². The fraction of sp³-hybridized carbons (Fsp3) is 0.655. The molecule has 8 heteroatoms. The molecule has 3 fully saturated rings. The molecule has 3 aliphatic carbocycles. The minimum absolute atomic E-state index is 0.0394. The van der Waals surface area contributed by atoms with Gasteiger partial charge < -0.3 is 9.84 Å². The lowest BCUT2D eigenvalue weighted by Gasteiger charge is -2.61. The maximum Gasteiger partial charge on any atom is 0.333 e. The Balaban J connectivity index is 1.65. The van der Waals surface area contributed by atoms with E-state index in [2.05, 4.69) is 13.5 Å². The maximum absolute atomic E-state index is 13.4. The maximum atomic E-state index is 13.4. The van der Waals surface area contributed by atoms with Crippen molar-refractivity contribution in [1.82, 2.24) is 0 Å². The Morgan fingerprint density at radius 2 is 1.84 bits per heavy atom. The van der Waals surface area contributed by atoms with Crippen molar-refractivity contribution < 1.29 is 32.0 Å². The lowest BCUT2D eigenvalue weighted by atomic mass is 9.44. The number of carbonyl (C=O) groups is 2. The van der Waals surface area contributed by atoms with E-state index in [1.165, 1.54) is 12.1 Å². The standard InChI is InChI=1S/C29H40O7S/c1-7-27(5)16-23(36-24(31)17-35-37(33,34)21-10-8-18(2)9-11-21)28(6)19(3)12-14-29(20(4)26(27)32)15-13-22(30)25(28)29/h7-11,19-20,23,25-26,32H,1,12-17H2,2-6H3/t19?,20-,23+,25?,26-,27-,28-,29-/m0/s1. The monoisotopic (exact) mass is 532 g/mol. The second kappa shape index (κ2) is 9.62. The van der Waals surface area contributed by atoms with Gasteiger partial charge in [-0.05, 0) is 62.0 Å². The molecule has 0 aliphatic heterocycles. The molecule has 1 aromatic rings. The molecule has 3 aliphatic rings. The topological polar surface area (TPSA) is 107 Å². The molecule has 0 spiro atoms. The first kappa shape index (κ1) is 28.0. The number of hydrogen-bond acceptors (Lipinski definition) is 7. The molecule has 8 atom stereocenters. The molecule has 204 valence electrons. The third kappa shape index (κ3) is 4.49. The highest BCUT2D eigenvalue weighted by atomic mass is 32.2. The number of Topliss-reactive ketones (excluding diaryl/α,β-unsaturated/α-hetero) is 1. The van der Waals surface area contributed by atoms with E-state index >= 15 is 0 Å². The summed E-state index contributed by atoms with van der Waals surface area (Å²) in [5, 5.41) is 11.6. The second-order valence-corrected chi connectivity index (χ2v) is 13.7. The zero-order chi connectivity index (χ0) is 27.4. The van der Waals surface area contributed by atoms with Crippen molar-refractivity contribution in [3.05, 3.63) is 42.5 Å². The smallest absolute Gasteiger partial charge is 0.333 e. The van der Waals surface area contributed by atoms with E-state index in [0.717, 1.165) is 18.4 Å². The number of ketones is 1. The van der Waals surface area contributed by atoms with Gasteiger partial charge in [0.2, 0.25) is 0 Å². The molecule has 4 rings (SSSR count). The summed E-state index contributed by atoms with van der Waals surface area (Å²) in [5.74, 6) is -1.05. The van der Waals surface area contributed by atoms with Gasteiger partial charge in [0.05, 0.1) is 11.0 Å². The number of aliphatic hydroxyl groups excluding tert-OH is 1. The van der Waals surface area contributed by atoms with Crippen LogP contribution < -0.4 is 0 Å². The van der Waals surface area contributed by atoms with Gasteiger partial charge in [-0.25, -0.2) is 4.79 Å². The highest BCUT2D eigenvalue weighted by molar-refractivity contribution is 7.86. The summed E-state index contributed by atoms with van der Waals surface area (Å²) in [6.45, 7) is 13.2. The first-order valence-electron chi connectivity index (χ1n) is 13.2. The molecule has 0 saturated heterocycles. The number of esters is 1. The van der Waals surface area contributed by atoms with Crippen LogP contribution in [-0.2, 0) is 28.6 Å². The van der Waals surface area contributed by atoms with E-state index in [1.54, 1.807) is 18.2 Å². The lowest BCUT2D eigenvalue weighted by molar-refractivity contribution is -0.207. The van der Waals surface area contributed by atoms with Crippen LogP contribution in [0.1, 0.15) is 65.4 Å². The fourth-order valence-electron chi connectivity index (χ4n) is 7.59. The molecule has 0 heterocycles. The van der Waals surface area contributed by atoms with Gasteiger partial charge in [0, 0.05) is 23.2 Å². The number of benzene rings is 1. The zero-order valence-electron chi connectivity index (χ0n) is 22.5. The molecular formula is C29H40O7S. The largest absolute Gasteiger partial charge is 0.460 e. The summed E-state index contributed by atoms with van der Waals surface area (Å²) in [5.41, 5.74) is -0.910. The van der Waals surface area contributed by atoms with Crippen LogP contribution in [0.5, 0.6) is 0 Å². The van der Waals surface area contributed by atoms with E-state index in [1.807, 2.05) is 27.7 Å². The minimum atomic E-state index is -4.15. The van der Waals surface area contributed by atoms with Crippen LogP contribution in [0.25, 0.3) is 0 Å². The second-order valence-electron chi connectivity index (χ2n) is 12.1. The van der Waals surface area contributed by atoms with E-state index in [9.17, 15) is 23.1 Å². The summed E-state index contributed by atoms with van der Waals surface area (Å²) in [6.07, 6.45) is 3.37. The van der Waals surface area contributed by atoms with Crippen molar-refractivity contribution in [1.29, 1.82) is 0 Å². The molecule has 0 radical (unpaired) electrons. The normalized spacial score (nSPS) is 39.8. The van der Waals surface area contributed by atoms with E-state index in [4.69, 9.17) is 8.92 Å². The number of ether oxygens (including phenoxy) is 1. The van der Waals surface area contributed by atoms with E-state index in [-0.39, 0.29) is 40.3 Å². The molecule has 37 heavy (non-hydrogen) atoms. The van der Waals surface area contributed by atoms with Gasteiger partial charge in [0.15, 0.2) is 6.61 Å². The van der Waals surface area contributed by atoms with Gasteiger partial charge in [-0.15, -0.1) is 6.58 Å². The number of aliphatic hydroxyl groups is 1. The molecule has 1 N–H and O–H groups in total. The van der Waals surface area contributed by atoms with Gasteiger partial charge in [-0.1, -0.05) is 51.5 Å². The molecule has 2 unspecified atom stereocenters. The van der Waals surface area contributed by atoms with Gasteiger partial charge in [0.25, 0.3) is 10.1 Å². The molecular weight excluding hydrogens is 492 g/mol. The molecule has 0 amide bonds. The van der Waals surface area contributed by atoms with Crippen LogP contribution in [0.2, 0.25) is 0 Å². The number of carbonyl (C=O) groups excluding carboxylic acids is 2. The van der Waals surface area contributed by atoms with Gasteiger partial charge in [-0.3, -0.25) is 8.98 Å². The summed E-state index contributed by atoms with van der Waals surface area (Å²) in [6, 6.07) is 6.17. The van der Waals surface area contributed by atoms with Crippen molar-refractivity contribution in [2.45, 2.75) is 83.8 Å². The van der Waals surface area contributed by atoms with Gasteiger partial charge in [-0.2, -0.15) is 8.42 Å². The van der Waals surface area contributed by atoms with Crippen molar-refractivity contribution in [3.63, 3.8) is 0 Å². The van der Waals surface area contributed by atoms with E-state index < -0.39 is 45.7 Å². The Bertz CT molecular complexity index is 1180. The molecule has 3 saturated carbocycles. The lowest BCUT2D eigenvalue weighted by Crippen LogP contribution is -2.63. The van der Waals surface area contributed by atoms with Gasteiger partial charge >= 0.3 is 5.97 Å². The Morgan fingerprint density at radius 3 is 2.46 bits per heavy atom. The van der Waals surface area contributed by atoms with Crippen molar-refractivity contribution in [3.8, 4) is 0 Å². The van der Waals surface area contributed by atoms with Crippen LogP contribution in [-0.4, -0.2) is 44.1 Å². The Morgan fingerprint density at radius 1 is 1.19 bits per heavy atom. The average Bonchev–Trinajstić information content (AvgIpc) is 3.21. The first-order chi connectivity index (χ1) is 17.2. The SMILES string of the molecule is C=C[C@@]1(C)C[C@@H](OC(=O)COS(=O)(=O)c2ccc(C)cc2)[C@]2(C)C(C)CC[C@]3(CCC(=O)C32)[C@@H](C)[C@@H]1O. The molecule has 7 nitrogen and oxygen atoms in total. The Labute approximate surface area is 220 Å². The van der Waals surface area contributed by atoms with Crippen LogP contribution >= 0.6 is 0 Å².